The molecule has 148 valence electrons. The zero-order chi connectivity index (χ0) is 20.6. The Balaban J connectivity index is 1.89. The summed E-state index contributed by atoms with van der Waals surface area (Å²) in [6.45, 7) is 2.29. The number of ether oxygens (including phenoxy) is 2. The zero-order valence-electron chi connectivity index (χ0n) is 16.0. The second-order valence-electron chi connectivity index (χ2n) is 6.21. The highest BCUT2D eigenvalue weighted by Crippen LogP contribution is 2.31. The van der Waals surface area contributed by atoms with Crippen molar-refractivity contribution >= 4 is 17.2 Å². The molecule has 0 radical (unpaired) electrons. The fraction of sp³-hybridized carbons (Fsp3) is 0.182. The van der Waals surface area contributed by atoms with Gasteiger partial charge in [0.25, 0.3) is 5.91 Å². The molecule has 7 heteroatoms. The molecule has 1 atom stereocenters. The van der Waals surface area contributed by atoms with E-state index in [0.717, 1.165) is 11.1 Å². The van der Waals surface area contributed by atoms with E-state index in [1.807, 2.05) is 41.9 Å². The highest BCUT2D eigenvalue weighted by atomic mass is 32.1. The lowest BCUT2D eigenvalue weighted by Crippen LogP contribution is -2.32. The zero-order valence-corrected chi connectivity index (χ0v) is 16.9. The van der Waals surface area contributed by atoms with Gasteiger partial charge in [-0.25, -0.2) is 5.48 Å². The lowest BCUT2D eigenvalue weighted by atomic mass is 10.0. The van der Waals surface area contributed by atoms with Gasteiger partial charge in [0.15, 0.2) is 0 Å². The third-order valence-electron chi connectivity index (χ3n) is 4.22. The number of carbonyl (C=O) groups is 1. The number of hydroxylamine groups is 1. The standard InChI is InChI=1S/C22H20N2O4S/c1-15-5-3-4-6-19(15)21(22(25)24-26-2)28-20-11-18(8-7-17(20)12-23)27-13-16-9-10-29-14-16/h3-11,14,21H,13H2,1-2H3,(H,24,25). The highest BCUT2D eigenvalue weighted by Gasteiger charge is 2.25. The molecule has 0 saturated carbocycles. The Hall–Kier alpha value is -3.34. The molecule has 3 aromatic rings. The molecular formula is C22H20N2O4S. The lowest BCUT2D eigenvalue weighted by molar-refractivity contribution is -0.139. The van der Waals surface area contributed by atoms with Crippen molar-refractivity contribution in [2.24, 2.45) is 0 Å². The first-order chi connectivity index (χ1) is 14.1. The third kappa shape index (κ3) is 5.13. The average Bonchev–Trinajstić information content (AvgIpc) is 3.25. The number of benzene rings is 2. The summed E-state index contributed by atoms with van der Waals surface area (Å²) >= 11 is 1.60. The summed E-state index contributed by atoms with van der Waals surface area (Å²) in [6.07, 6.45) is -0.990. The molecule has 1 unspecified atom stereocenters. The first-order valence-electron chi connectivity index (χ1n) is 8.85. The van der Waals surface area contributed by atoms with Gasteiger partial charge in [-0.3, -0.25) is 9.63 Å². The fourth-order valence-electron chi connectivity index (χ4n) is 2.74. The molecule has 0 spiro atoms. The second kappa shape index (κ2) is 9.73. The number of nitriles is 1. The van der Waals surface area contributed by atoms with E-state index >= 15 is 0 Å². The van der Waals surface area contributed by atoms with Gasteiger partial charge in [-0.05, 0) is 47.0 Å². The van der Waals surface area contributed by atoms with Crippen molar-refractivity contribution in [1.82, 2.24) is 5.48 Å². The van der Waals surface area contributed by atoms with Crippen LogP contribution in [0.4, 0.5) is 0 Å². The number of thiophene rings is 1. The minimum absolute atomic E-state index is 0.259. The highest BCUT2D eigenvalue weighted by molar-refractivity contribution is 7.07. The summed E-state index contributed by atoms with van der Waals surface area (Å²) in [6, 6.07) is 16.4. The predicted molar refractivity (Wildman–Crippen MR) is 110 cm³/mol. The molecule has 0 aliphatic heterocycles. The van der Waals surface area contributed by atoms with E-state index in [2.05, 4.69) is 11.5 Å². The Morgan fingerprint density at radius 1 is 1.24 bits per heavy atom. The van der Waals surface area contributed by atoms with Crippen LogP contribution < -0.4 is 15.0 Å². The molecule has 0 bridgehead atoms. The van der Waals surface area contributed by atoms with E-state index in [4.69, 9.17) is 14.3 Å². The van der Waals surface area contributed by atoms with Gasteiger partial charge in [-0.15, -0.1) is 0 Å². The molecule has 1 heterocycles. The van der Waals surface area contributed by atoms with Gasteiger partial charge in [-0.2, -0.15) is 16.6 Å². The quantitative estimate of drug-likeness (QED) is 0.562. The van der Waals surface area contributed by atoms with Crippen LogP contribution in [0.2, 0.25) is 0 Å². The Morgan fingerprint density at radius 3 is 2.76 bits per heavy atom. The molecular weight excluding hydrogens is 388 g/mol. The first kappa shape index (κ1) is 20.4. The van der Waals surface area contributed by atoms with Crippen LogP contribution >= 0.6 is 11.3 Å². The van der Waals surface area contributed by atoms with Gasteiger partial charge < -0.3 is 9.47 Å². The van der Waals surface area contributed by atoms with Crippen LogP contribution in [0.5, 0.6) is 11.5 Å². The molecule has 3 rings (SSSR count). The van der Waals surface area contributed by atoms with E-state index in [1.54, 1.807) is 35.6 Å². The smallest absolute Gasteiger partial charge is 0.289 e. The maximum atomic E-state index is 12.6. The molecule has 1 N–H and O–H groups in total. The SMILES string of the molecule is CONC(=O)C(Oc1cc(OCc2ccsc2)ccc1C#N)c1ccccc1C. The summed E-state index contributed by atoms with van der Waals surface area (Å²) in [5.74, 6) is 0.325. The van der Waals surface area contributed by atoms with E-state index in [9.17, 15) is 10.1 Å². The molecule has 0 aliphatic rings. The number of aryl methyl sites for hydroxylation is 1. The van der Waals surface area contributed by atoms with Crippen LogP contribution in [0.1, 0.15) is 28.4 Å². The number of nitrogens with zero attached hydrogens (tertiary/aromatic N) is 1. The number of amides is 1. The monoisotopic (exact) mass is 408 g/mol. The molecule has 0 aliphatic carbocycles. The summed E-state index contributed by atoms with van der Waals surface area (Å²) in [7, 11) is 1.35. The number of nitrogens with one attached hydrogen (secondary N) is 1. The van der Waals surface area contributed by atoms with E-state index in [-0.39, 0.29) is 5.75 Å². The van der Waals surface area contributed by atoms with Crippen molar-refractivity contribution < 1.29 is 19.1 Å². The Bertz CT molecular complexity index is 1010. The van der Waals surface area contributed by atoms with Crippen molar-refractivity contribution in [1.29, 1.82) is 5.26 Å². The summed E-state index contributed by atoms with van der Waals surface area (Å²) in [4.78, 5) is 17.4. The fourth-order valence-corrected chi connectivity index (χ4v) is 3.40. The van der Waals surface area contributed by atoms with Gasteiger partial charge in [0.05, 0.1) is 12.7 Å². The molecule has 1 aromatic heterocycles. The van der Waals surface area contributed by atoms with Crippen molar-refractivity contribution in [2.45, 2.75) is 19.6 Å². The van der Waals surface area contributed by atoms with Crippen molar-refractivity contribution in [2.75, 3.05) is 7.11 Å². The van der Waals surface area contributed by atoms with Crippen LogP contribution in [0.15, 0.2) is 59.3 Å². The van der Waals surface area contributed by atoms with Crippen LogP contribution in [-0.4, -0.2) is 13.0 Å². The average molecular weight is 408 g/mol. The number of rotatable bonds is 8. The summed E-state index contributed by atoms with van der Waals surface area (Å²) in [5.41, 5.74) is 5.23. The minimum atomic E-state index is -0.990. The predicted octanol–water partition coefficient (Wildman–Crippen LogP) is 4.30. The van der Waals surface area contributed by atoms with E-state index in [0.29, 0.717) is 23.5 Å². The Labute approximate surface area is 173 Å². The molecule has 0 fully saturated rings. The van der Waals surface area contributed by atoms with Gasteiger partial charge in [0, 0.05) is 11.6 Å². The maximum Gasteiger partial charge on any atom is 0.289 e. The molecule has 29 heavy (non-hydrogen) atoms. The normalized spacial score (nSPS) is 11.3. The Morgan fingerprint density at radius 2 is 2.07 bits per heavy atom. The maximum absolute atomic E-state index is 12.6. The third-order valence-corrected chi connectivity index (χ3v) is 4.95. The second-order valence-corrected chi connectivity index (χ2v) is 6.99. The van der Waals surface area contributed by atoms with E-state index in [1.165, 1.54) is 7.11 Å². The van der Waals surface area contributed by atoms with Crippen LogP contribution in [0.3, 0.4) is 0 Å². The van der Waals surface area contributed by atoms with Crippen molar-refractivity contribution in [3.63, 3.8) is 0 Å². The summed E-state index contributed by atoms with van der Waals surface area (Å²) < 4.78 is 11.8. The number of hydrogen-bond donors (Lipinski definition) is 1. The molecule has 0 saturated heterocycles. The van der Waals surface area contributed by atoms with Gasteiger partial charge >= 0.3 is 0 Å². The van der Waals surface area contributed by atoms with Crippen molar-refractivity contribution in [3.05, 3.63) is 81.5 Å². The van der Waals surface area contributed by atoms with Crippen LogP contribution in [0, 0.1) is 18.3 Å². The largest absolute Gasteiger partial charge is 0.489 e. The van der Waals surface area contributed by atoms with Crippen LogP contribution in [-0.2, 0) is 16.2 Å². The van der Waals surface area contributed by atoms with Crippen molar-refractivity contribution in [3.8, 4) is 17.6 Å². The minimum Gasteiger partial charge on any atom is -0.489 e. The first-order valence-corrected chi connectivity index (χ1v) is 9.79. The Kier molecular flexibility index (Phi) is 6.85. The summed E-state index contributed by atoms with van der Waals surface area (Å²) in [5, 5.41) is 13.5. The van der Waals surface area contributed by atoms with Gasteiger partial charge in [0.1, 0.15) is 24.2 Å². The number of carbonyl (C=O) groups excluding carboxylic acids is 1. The topological polar surface area (TPSA) is 80.6 Å². The van der Waals surface area contributed by atoms with Gasteiger partial charge in [0.2, 0.25) is 6.10 Å². The van der Waals surface area contributed by atoms with Crippen LogP contribution in [0.25, 0.3) is 0 Å². The van der Waals surface area contributed by atoms with E-state index < -0.39 is 12.0 Å². The molecule has 2 aromatic carbocycles. The van der Waals surface area contributed by atoms with Gasteiger partial charge in [-0.1, -0.05) is 24.3 Å². The number of hydrogen-bond acceptors (Lipinski definition) is 6. The molecule has 6 nitrogen and oxygen atoms in total. The molecule has 1 amide bonds. The lowest BCUT2D eigenvalue weighted by Gasteiger charge is -2.21.